The zero-order valence-corrected chi connectivity index (χ0v) is 17.4. The topological polar surface area (TPSA) is 63.9 Å². The van der Waals surface area contributed by atoms with E-state index in [1.54, 1.807) is 12.4 Å². The van der Waals surface area contributed by atoms with Crippen LogP contribution in [0.2, 0.25) is 0 Å². The van der Waals surface area contributed by atoms with E-state index in [-0.39, 0.29) is 11.2 Å². The van der Waals surface area contributed by atoms with Crippen molar-refractivity contribution in [1.82, 2.24) is 24.6 Å². The van der Waals surface area contributed by atoms with Crippen LogP contribution in [0.3, 0.4) is 0 Å². The van der Waals surface area contributed by atoms with E-state index in [9.17, 15) is 4.79 Å². The standard InChI is InChI=1S/C22H25N5OS/c1-17(21(28)26-13-6-3-7-14-26)29-22-25-24-20(19-11-8-12-23-15-19)27(22)16-18-9-4-2-5-10-18/h2,4-5,8-12,15,17H,3,6-7,13-14,16H2,1H3. The molecule has 7 heteroatoms. The van der Waals surface area contributed by atoms with Crippen molar-refractivity contribution in [3.05, 3.63) is 60.4 Å². The average Bonchev–Trinajstić information content (AvgIpc) is 3.17. The molecule has 3 aromatic rings. The van der Waals surface area contributed by atoms with Gasteiger partial charge in [-0.3, -0.25) is 14.3 Å². The number of hydrogen-bond acceptors (Lipinski definition) is 5. The Labute approximate surface area is 175 Å². The Morgan fingerprint density at radius 3 is 2.59 bits per heavy atom. The van der Waals surface area contributed by atoms with Crippen molar-refractivity contribution in [3.63, 3.8) is 0 Å². The first-order valence-electron chi connectivity index (χ1n) is 10.1. The second-order valence-electron chi connectivity index (χ2n) is 7.27. The number of thioether (sulfide) groups is 1. The molecule has 0 aliphatic carbocycles. The number of amides is 1. The number of aromatic nitrogens is 4. The summed E-state index contributed by atoms with van der Waals surface area (Å²) in [6.45, 7) is 4.33. The normalized spacial score (nSPS) is 15.3. The van der Waals surface area contributed by atoms with Crippen molar-refractivity contribution in [1.29, 1.82) is 0 Å². The lowest BCUT2D eigenvalue weighted by molar-refractivity contribution is -0.131. The number of hydrogen-bond donors (Lipinski definition) is 0. The van der Waals surface area contributed by atoms with Crippen LogP contribution in [0.25, 0.3) is 11.4 Å². The van der Waals surface area contributed by atoms with Gasteiger partial charge in [0.2, 0.25) is 5.91 Å². The molecule has 6 nitrogen and oxygen atoms in total. The van der Waals surface area contributed by atoms with Gasteiger partial charge in [-0.15, -0.1) is 10.2 Å². The molecule has 150 valence electrons. The van der Waals surface area contributed by atoms with Crippen LogP contribution in [0, 0.1) is 0 Å². The van der Waals surface area contributed by atoms with Gasteiger partial charge in [0.1, 0.15) is 0 Å². The van der Waals surface area contributed by atoms with Gasteiger partial charge >= 0.3 is 0 Å². The molecule has 0 bridgehead atoms. The summed E-state index contributed by atoms with van der Waals surface area (Å²) in [5.74, 6) is 0.953. The summed E-state index contributed by atoms with van der Waals surface area (Å²) in [6.07, 6.45) is 6.95. The smallest absolute Gasteiger partial charge is 0.235 e. The van der Waals surface area contributed by atoms with Gasteiger partial charge in [-0.25, -0.2) is 0 Å². The number of carbonyl (C=O) groups excluding carboxylic acids is 1. The van der Waals surface area contributed by atoms with E-state index < -0.39 is 0 Å². The summed E-state index contributed by atoms with van der Waals surface area (Å²) in [5.41, 5.74) is 2.08. The highest BCUT2D eigenvalue weighted by atomic mass is 32.2. The Hall–Kier alpha value is -2.67. The van der Waals surface area contributed by atoms with E-state index in [1.807, 2.05) is 42.2 Å². The van der Waals surface area contributed by atoms with E-state index in [2.05, 4.69) is 31.9 Å². The molecule has 1 unspecified atom stereocenters. The molecule has 1 atom stereocenters. The van der Waals surface area contributed by atoms with E-state index in [0.717, 1.165) is 48.0 Å². The molecule has 4 rings (SSSR count). The first-order chi connectivity index (χ1) is 14.2. The molecule has 0 N–H and O–H groups in total. The predicted molar refractivity (Wildman–Crippen MR) is 115 cm³/mol. The maximum Gasteiger partial charge on any atom is 0.235 e. The first kappa shape index (κ1) is 19.6. The van der Waals surface area contributed by atoms with E-state index in [4.69, 9.17) is 0 Å². The third kappa shape index (κ3) is 4.67. The quantitative estimate of drug-likeness (QED) is 0.580. The van der Waals surface area contributed by atoms with Crippen molar-refractivity contribution in [2.24, 2.45) is 0 Å². The van der Waals surface area contributed by atoms with E-state index in [1.165, 1.54) is 18.2 Å². The van der Waals surface area contributed by atoms with Crippen LogP contribution in [-0.2, 0) is 11.3 Å². The van der Waals surface area contributed by atoms with Crippen LogP contribution in [0.4, 0.5) is 0 Å². The molecular formula is C22H25N5OS. The lowest BCUT2D eigenvalue weighted by Gasteiger charge is -2.28. The fraction of sp³-hybridized carbons (Fsp3) is 0.364. The van der Waals surface area contributed by atoms with Gasteiger partial charge in [-0.05, 0) is 43.9 Å². The van der Waals surface area contributed by atoms with Crippen molar-refractivity contribution in [3.8, 4) is 11.4 Å². The number of rotatable bonds is 6. The minimum atomic E-state index is -0.200. The Balaban J connectivity index is 1.60. The van der Waals surface area contributed by atoms with Crippen LogP contribution >= 0.6 is 11.8 Å². The zero-order chi connectivity index (χ0) is 20.1. The molecule has 3 heterocycles. The Kier molecular flexibility index (Phi) is 6.24. The molecule has 1 aromatic carbocycles. The molecule has 2 aromatic heterocycles. The maximum absolute atomic E-state index is 12.9. The van der Waals surface area contributed by atoms with Crippen LogP contribution in [0.15, 0.2) is 60.0 Å². The molecule has 0 saturated carbocycles. The van der Waals surface area contributed by atoms with Gasteiger partial charge < -0.3 is 4.90 Å². The molecule has 1 fully saturated rings. The highest BCUT2D eigenvalue weighted by Crippen LogP contribution is 2.28. The van der Waals surface area contributed by atoms with Gasteiger partial charge in [-0.1, -0.05) is 42.1 Å². The first-order valence-corrected chi connectivity index (χ1v) is 10.9. The number of pyridine rings is 1. The van der Waals surface area contributed by atoms with Crippen LogP contribution in [0.1, 0.15) is 31.7 Å². The SMILES string of the molecule is CC(Sc1nnc(-c2cccnc2)n1Cc1ccccc1)C(=O)N1CCCCC1. The molecule has 1 aliphatic rings. The highest BCUT2D eigenvalue weighted by Gasteiger charge is 2.25. The molecule has 0 radical (unpaired) electrons. The molecule has 29 heavy (non-hydrogen) atoms. The number of carbonyl (C=O) groups is 1. The monoisotopic (exact) mass is 407 g/mol. The molecular weight excluding hydrogens is 382 g/mol. The van der Waals surface area contributed by atoms with Crippen molar-refractivity contribution in [2.75, 3.05) is 13.1 Å². The minimum Gasteiger partial charge on any atom is -0.342 e. The third-order valence-corrected chi connectivity index (χ3v) is 6.19. The molecule has 1 saturated heterocycles. The number of piperidine rings is 1. The molecule has 1 amide bonds. The van der Waals surface area contributed by atoms with Gasteiger partial charge in [0.25, 0.3) is 0 Å². The second-order valence-corrected chi connectivity index (χ2v) is 8.57. The van der Waals surface area contributed by atoms with Gasteiger partial charge in [0.05, 0.1) is 11.8 Å². The average molecular weight is 408 g/mol. The summed E-state index contributed by atoms with van der Waals surface area (Å²) in [6, 6.07) is 14.1. The lowest BCUT2D eigenvalue weighted by atomic mass is 10.1. The summed E-state index contributed by atoms with van der Waals surface area (Å²) < 4.78 is 2.08. The minimum absolute atomic E-state index is 0.187. The molecule has 1 aliphatic heterocycles. The van der Waals surface area contributed by atoms with Crippen molar-refractivity contribution < 1.29 is 4.79 Å². The summed E-state index contributed by atoms with van der Waals surface area (Å²) >= 11 is 1.48. The summed E-state index contributed by atoms with van der Waals surface area (Å²) in [5, 5.41) is 9.42. The van der Waals surface area contributed by atoms with Crippen LogP contribution in [-0.4, -0.2) is 48.9 Å². The Bertz CT molecular complexity index is 938. The Morgan fingerprint density at radius 2 is 1.86 bits per heavy atom. The third-order valence-electron chi connectivity index (χ3n) is 5.12. The zero-order valence-electron chi connectivity index (χ0n) is 16.6. The number of nitrogens with zero attached hydrogens (tertiary/aromatic N) is 5. The maximum atomic E-state index is 12.9. The van der Waals surface area contributed by atoms with Gasteiger partial charge in [0.15, 0.2) is 11.0 Å². The second kappa shape index (κ2) is 9.22. The largest absolute Gasteiger partial charge is 0.342 e. The number of likely N-dealkylation sites (tertiary alicyclic amines) is 1. The molecule has 0 spiro atoms. The number of benzene rings is 1. The van der Waals surface area contributed by atoms with E-state index >= 15 is 0 Å². The van der Waals surface area contributed by atoms with Gasteiger partial charge in [0, 0.05) is 31.0 Å². The van der Waals surface area contributed by atoms with Crippen LogP contribution < -0.4 is 0 Å². The summed E-state index contributed by atoms with van der Waals surface area (Å²) in [7, 11) is 0. The predicted octanol–water partition coefficient (Wildman–Crippen LogP) is 3.88. The van der Waals surface area contributed by atoms with E-state index in [0.29, 0.717) is 6.54 Å². The fourth-order valence-electron chi connectivity index (χ4n) is 3.57. The highest BCUT2D eigenvalue weighted by molar-refractivity contribution is 8.00. The summed E-state index contributed by atoms with van der Waals surface area (Å²) in [4.78, 5) is 19.1. The van der Waals surface area contributed by atoms with Crippen molar-refractivity contribution in [2.45, 2.75) is 43.1 Å². The van der Waals surface area contributed by atoms with Crippen LogP contribution in [0.5, 0.6) is 0 Å². The Morgan fingerprint density at radius 1 is 1.07 bits per heavy atom. The fourth-order valence-corrected chi connectivity index (χ4v) is 4.51. The van der Waals surface area contributed by atoms with Crippen molar-refractivity contribution >= 4 is 17.7 Å². The van der Waals surface area contributed by atoms with Gasteiger partial charge in [-0.2, -0.15) is 0 Å². The lowest BCUT2D eigenvalue weighted by Crippen LogP contribution is -2.40.